The van der Waals surface area contributed by atoms with Crippen molar-refractivity contribution in [1.82, 2.24) is 25.1 Å². The predicted molar refractivity (Wildman–Crippen MR) is 91.5 cm³/mol. The fourth-order valence-corrected chi connectivity index (χ4v) is 2.90. The zero-order valence-corrected chi connectivity index (χ0v) is 14.7. The van der Waals surface area contributed by atoms with Gasteiger partial charge in [0.15, 0.2) is 5.16 Å². The van der Waals surface area contributed by atoms with Crippen molar-refractivity contribution < 1.29 is 4.79 Å². The third kappa shape index (κ3) is 4.69. The summed E-state index contributed by atoms with van der Waals surface area (Å²) < 4.78 is 2.03. The van der Waals surface area contributed by atoms with Crippen LogP contribution in [0, 0.1) is 0 Å². The number of carbonyl (C=O) groups excluding carboxylic acids is 1. The van der Waals surface area contributed by atoms with Gasteiger partial charge in [0.05, 0.1) is 5.75 Å². The van der Waals surface area contributed by atoms with Crippen molar-refractivity contribution in [2.45, 2.75) is 31.6 Å². The number of anilines is 1. The molecule has 0 fully saturated rings. The summed E-state index contributed by atoms with van der Waals surface area (Å²) in [4.78, 5) is 17.9. The fraction of sp³-hybridized carbons (Fsp3) is 0.467. The van der Waals surface area contributed by atoms with Crippen molar-refractivity contribution in [2.24, 2.45) is 0 Å². The number of aromatic nitrogens is 4. The number of amides is 1. The minimum atomic E-state index is -0.0384. The molecule has 0 atom stereocenters. The molecule has 0 unspecified atom stereocenters. The lowest BCUT2D eigenvalue weighted by Crippen LogP contribution is -2.25. The van der Waals surface area contributed by atoms with Crippen molar-refractivity contribution in [2.75, 3.05) is 24.7 Å². The lowest BCUT2D eigenvalue weighted by molar-refractivity contribution is -0.118. The van der Waals surface area contributed by atoms with Crippen LogP contribution in [-0.2, 0) is 11.3 Å². The van der Waals surface area contributed by atoms with Crippen LogP contribution in [0.2, 0.25) is 0 Å². The van der Waals surface area contributed by atoms with Gasteiger partial charge in [0, 0.05) is 39.1 Å². The van der Waals surface area contributed by atoms with E-state index in [4.69, 9.17) is 0 Å². The van der Waals surface area contributed by atoms with E-state index in [1.165, 1.54) is 11.8 Å². The highest BCUT2D eigenvalue weighted by Crippen LogP contribution is 2.25. The molecule has 0 aliphatic heterocycles. The van der Waals surface area contributed by atoms with E-state index in [-0.39, 0.29) is 11.9 Å². The van der Waals surface area contributed by atoms with E-state index in [1.54, 1.807) is 12.4 Å². The van der Waals surface area contributed by atoms with Gasteiger partial charge in [0.25, 0.3) is 0 Å². The lowest BCUT2D eigenvalue weighted by Gasteiger charge is -2.17. The Kier molecular flexibility index (Phi) is 5.97. The van der Waals surface area contributed by atoms with Crippen molar-refractivity contribution in [3.63, 3.8) is 0 Å². The van der Waals surface area contributed by atoms with Gasteiger partial charge in [-0.2, -0.15) is 0 Å². The first-order valence-electron chi connectivity index (χ1n) is 7.39. The molecule has 1 amide bonds. The van der Waals surface area contributed by atoms with Gasteiger partial charge in [0.1, 0.15) is 0 Å². The van der Waals surface area contributed by atoms with E-state index in [2.05, 4.69) is 34.3 Å². The molecule has 0 spiro atoms. The highest BCUT2D eigenvalue weighted by atomic mass is 32.2. The second-order valence-corrected chi connectivity index (χ2v) is 6.51. The monoisotopic (exact) mass is 334 g/mol. The van der Waals surface area contributed by atoms with Crippen LogP contribution in [0.5, 0.6) is 0 Å². The highest BCUT2D eigenvalue weighted by Gasteiger charge is 2.17. The molecular weight excluding hydrogens is 312 g/mol. The van der Waals surface area contributed by atoms with Crippen LogP contribution in [0.25, 0.3) is 0 Å². The third-order valence-corrected chi connectivity index (χ3v) is 4.05. The number of hydrogen-bond donors (Lipinski definition) is 1. The van der Waals surface area contributed by atoms with Crippen LogP contribution in [0.4, 0.5) is 5.95 Å². The molecule has 1 N–H and O–H groups in total. The molecule has 0 saturated heterocycles. The molecule has 0 aliphatic rings. The van der Waals surface area contributed by atoms with E-state index in [0.29, 0.717) is 12.3 Å². The van der Waals surface area contributed by atoms with Gasteiger partial charge in [-0.1, -0.05) is 17.8 Å². The highest BCUT2D eigenvalue weighted by molar-refractivity contribution is 7.99. The Labute approximate surface area is 140 Å². The Morgan fingerprint density at radius 1 is 1.39 bits per heavy atom. The average molecular weight is 334 g/mol. The van der Waals surface area contributed by atoms with Crippen molar-refractivity contribution in [3.8, 4) is 0 Å². The zero-order valence-electron chi connectivity index (χ0n) is 13.9. The average Bonchev–Trinajstić information content (AvgIpc) is 2.96. The largest absolute Gasteiger partial charge is 0.351 e. The molecule has 8 heteroatoms. The number of nitrogens with zero attached hydrogens (tertiary/aromatic N) is 5. The summed E-state index contributed by atoms with van der Waals surface area (Å²) >= 11 is 1.39. The van der Waals surface area contributed by atoms with Crippen LogP contribution in [-0.4, -0.2) is 45.5 Å². The van der Waals surface area contributed by atoms with Crippen molar-refractivity contribution >= 4 is 23.6 Å². The first-order valence-corrected chi connectivity index (χ1v) is 8.38. The first kappa shape index (κ1) is 17.3. The van der Waals surface area contributed by atoms with Gasteiger partial charge in [-0.05, 0) is 25.5 Å². The zero-order chi connectivity index (χ0) is 16.8. The molecule has 0 bridgehead atoms. The molecular formula is C15H22N6OS. The summed E-state index contributed by atoms with van der Waals surface area (Å²) in [7, 11) is 3.86. The summed E-state index contributed by atoms with van der Waals surface area (Å²) in [5.41, 5.74) is 0.978. The maximum absolute atomic E-state index is 12.0. The number of carbonyl (C=O) groups is 1. The normalized spacial score (nSPS) is 10.8. The second-order valence-electron chi connectivity index (χ2n) is 5.57. The minimum Gasteiger partial charge on any atom is -0.351 e. The van der Waals surface area contributed by atoms with E-state index >= 15 is 0 Å². The lowest BCUT2D eigenvalue weighted by atomic mass is 10.3. The predicted octanol–water partition coefficient (Wildman–Crippen LogP) is 1.73. The molecule has 0 aromatic carbocycles. The fourth-order valence-electron chi connectivity index (χ4n) is 2.01. The summed E-state index contributed by atoms with van der Waals surface area (Å²) in [5.74, 6) is 1.06. The van der Waals surface area contributed by atoms with Crippen molar-refractivity contribution in [3.05, 3.63) is 30.1 Å². The number of hydrogen-bond acceptors (Lipinski definition) is 6. The van der Waals surface area contributed by atoms with Gasteiger partial charge in [-0.25, -0.2) is 0 Å². The molecule has 2 rings (SSSR count). The maximum atomic E-state index is 12.0. The van der Waals surface area contributed by atoms with Crippen LogP contribution in [0.1, 0.15) is 25.5 Å². The molecule has 2 aromatic rings. The molecule has 7 nitrogen and oxygen atoms in total. The quantitative estimate of drug-likeness (QED) is 0.777. The van der Waals surface area contributed by atoms with E-state index in [9.17, 15) is 4.79 Å². The molecule has 124 valence electrons. The van der Waals surface area contributed by atoms with Gasteiger partial charge in [-0.15, -0.1) is 10.2 Å². The topological polar surface area (TPSA) is 75.9 Å². The van der Waals surface area contributed by atoms with Gasteiger partial charge < -0.3 is 10.2 Å². The van der Waals surface area contributed by atoms with E-state index in [0.717, 1.165) is 16.7 Å². The smallest absolute Gasteiger partial charge is 0.230 e. The summed E-state index contributed by atoms with van der Waals surface area (Å²) in [6, 6.07) is 4.01. The third-order valence-electron chi connectivity index (χ3n) is 3.11. The van der Waals surface area contributed by atoms with Crippen LogP contribution in [0.15, 0.2) is 29.7 Å². The number of rotatable bonds is 7. The number of nitrogens with one attached hydrogen (secondary N) is 1. The van der Waals surface area contributed by atoms with Gasteiger partial charge >= 0.3 is 0 Å². The van der Waals surface area contributed by atoms with E-state index < -0.39 is 0 Å². The molecule has 2 aromatic heterocycles. The number of pyridine rings is 1. The molecule has 0 radical (unpaired) electrons. The van der Waals surface area contributed by atoms with Crippen LogP contribution < -0.4 is 10.2 Å². The Balaban J connectivity index is 1.91. The molecule has 0 aliphatic carbocycles. The summed E-state index contributed by atoms with van der Waals surface area (Å²) in [5, 5.41) is 12.0. The standard InChI is InChI=1S/C15H22N6OS/c1-11(2)21-14(20(3)4)18-19-15(21)23-10-13(22)17-9-12-6-5-7-16-8-12/h5-8,11H,9-10H2,1-4H3,(H,17,22). The van der Waals surface area contributed by atoms with Gasteiger partial charge in [0.2, 0.25) is 11.9 Å². The van der Waals surface area contributed by atoms with Crippen LogP contribution in [0.3, 0.4) is 0 Å². The molecule has 2 heterocycles. The van der Waals surface area contributed by atoms with Crippen LogP contribution >= 0.6 is 11.8 Å². The molecule has 23 heavy (non-hydrogen) atoms. The Bertz CT molecular complexity index is 641. The SMILES string of the molecule is CC(C)n1c(SCC(=O)NCc2cccnc2)nnc1N(C)C. The summed E-state index contributed by atoms with van der Waals surface area (Å²) in [6.07, 6.45) is 3.45. The Hall–Kier alpha value is -2.09. The molecule has 0 saturated carbocycles. The Morgan fingerprint density at radius 2 is 2.17 bits per heavy atom. The minimum absolute atomic E-state index is 0.0384. The first-order chi connectivity index (χ1) is 11.0. The van der Waals surface area contributed by atoms with E-state index in [1.807, 2.05) is 35.7 Å². The maximum Gasteiger partial charge on any atom is 0.230 e. The summed E-state index contributed by atoms with van der Waals surface area (Å²) in [6.45, 7) is 4.62. The van der Waals surface area contributed by atoms with Gasteiger partial charge in [-0.3, -0.25) is 14.3 Å². The number of thioether (sulfide) groups is 1. The Morgan fingerprint density at radius 3 is 2.78 bits per heavy atom. The van der Waals surface area contributed by atoms with Crippen molar-refractivity contribution in [1.29, 1.82) is 0 Å². The second kappa shape index (κ2) is 7.96.